The summed E-state index contributed by atoms with van der Waals surface area (Å²) in [6.45, 7) is 2.79. The predicted molar refractivity (Wildman–Crippen MR) is 104 cm³/mol. The molecule has 2 fully saturated rings. The molecule has 0 saturated carbocycles. The molecule has 1 aromatic heterocycles. The number of halogens is 1. The lowest BCUT2D eigenvalue weighted by Crippen LogP contribution is -2.61. The number of amides is 2. The Balaban J connectivity index is 1.27. The van der Waals surface area contributed by atoms with Crippen molar-refractivity contribution >= 4 is 11.8 Å². The summed E-state index contributed by atoms with van der Waals surface area (Å²) in [4.78, 5) is 16.1. The molecule has 8 heteroatoms. The minimum atomic E-state index is -0.274. The second kappa shape index (κ2) is 8.10. The van der Waals surface area contributed by atoms with Gasteiger partial charge in [-0.1, -0.05) is 0 Å². The first-order valence-corrected chi connectivity index (χ1v) is 9.57. The molecular formula is C20H24FN5O2. The Kier molecular flexibility index (Phi) is 5.38. The number of nitrogens with one attached hydrogen (secondary N) is 1. The largest absolute Gasteiger partial charge is 0.376 e. The van der Waals surface area contributed by atoms with Crippen LogP contribution >= 0.6 is 0 Å². The smallest absolute Gasteiger partial charge is 0.317 e. The minimum Gasteiger partial charge on any atom is -0.376 e. The van der Waals surface area contributed by atoms with E-state index in [-0.39, 0.29) is 24.0 Å². The van der Waals surface area contributed by atoms with Crippen LogP contribution in [0.4, 0.5) is 15.0 Å². The summed E-state index contributed by atoms with van der Waals surface area (Å²) >= 11 is 0. The third-order valence-electron chi connectivity index (χ3n) is 5.35. The number of ether oxygens (including phenoxy) is 1. The molecule has 2 amide bonds. The fraction of sp³-hybridized carbons (Fsp3) is 0.450. The Morgan fingerprint density at radius 1 is 1.25 bits per heavy atom. The van der Waals surface area contributed by atoms with E-state index < -0.39 is 0 Å². The molecule has 3 heterocycles. The van der Waals surface area contributed by atoms with Crippen LogP contribution < -0.4 is 10.2 Å². The molecule has 0 radical (unpaired) electrons. The Hall–Kier alpha value is -2.74. The number of urea groups is 1. The lowest BCUT2D eigenvalue weighted by Gasteiger charge is -2.44. The number of nitrogens with zero attached hydrogens (tertiary/aromatic N) is 4. The molecule has 28 heavy (non-hydrogen) atoms. The van der Waals surface area contributed by atoms with Gasteiger partial charge in [0.1, 0.15) is 5.82 Å². The van der Waals surface area contributed by atoms with Crippen LogP contribution in [-0.2, 0) is 4.74 Å². The Morgan fingerprint density at radius 3 is 2.68 bits per heavy atom. The molecule has 0 bridgehead atoms. The quantitative estimate of drug-likeness (QED) is 0.855. The lowest BCUT2D eigenvalue weighted by atomic mass is 10.1. The molecule has 2 saturated heterocycles. The summed E-state index contributed by atoms with van der Waals surface area (Å²) in [5.74, 6) is 0.499. The van der Waals surface area contributed by atoms with E-state index in [0.29, 0.717) is 25.3 Å². The molecule has 148 valence electrons. The van der Waals surface area contributed by atoms with Gasteiger partial charge in [-0.2, -0.15) is 0 Å². The van der Waals surface area contributed by atoms with E-state index in [1.54, 1.807) is 17.0 Å². The van der Waals surface area contributed by atoms with Crippen LogP contribution in [-0.4, -0.2) is 66.6 Å². The van der Waals surface area contributed by atoms with Crippen molar-refractivity contribution in [1.82, 2.24) is 20.4 Å². The van der Waals surface area contributed by atoms with Gasteiger partial charge in [-0.25, -0.2) is 9.18 Å². The molecule has 2 aliphatic heterocycles. The normalized spacial score (nSPS) is 19.4. The van der Waals surface area contributed by atoms with Crippen LogP contribution in [0.1, 0.15) is 12.8 Å². The highest BCUT2D eigenvalue weighted by Crippen LogP contribution is 2.23. The average molecular weight is 385 g/mol. The summed E-state index contributed by atoms with van der Waals surface area (Å²) in [7, 11) is 1.82. The summed E-state index contributed by atoms with van der Waals surface area (Å²) < 4.78 is 18.6. The fourth-order valence-electron chi connectivity index (χ4n) is 3.45. The maximum Gasteiger partial charge on any atom is 0.317 e. The van der Waals surface area contributed by atoms with Crippen LogP contribution in [0.15, 0.2) is 36.4 Å². The van der Waals surface area contributed by atoms with E-state index in [4.69, 9.17) is 4.74 Å². The van der Waals surface area contributed by atoms with E-state index in [2.05, 4.69) is 20.4 Å². The van der Waals surface area contributed by atoms with Crippen LogP contribution in [0.5, 0.6) is 0 Å². The molecule has 0 aliphatic carbocycles. The zero-order chi connectivity index (χ0) is 19.5. The zero-order valence-corrected chi connectivity index (χ0v) is 15.8. The van der Waals surface area contributed by atoms with Gasteiger partial charge in [0, 0.05) is 38.9 Å². The molecule has 4 rings (SSSR count). The van der Waals surface area contributed by atoms with Gasteiger partial charge >= 0.3 is 6.03 Å². The van der Waals surface area contributed by atoms with Gasteiger partial charge in [0.15, 0.2) is 5.82 Å². The van der Waals surface area contributed by atoms with Gasteiger partial charge < -0.3 is 19.9 Å². The lowest BCUT2D eigenvalue weighted by molar-refractivity contribution is 0.107. The maximum absolute atomic E-state index is 13.0. The standard InChI is InChI=1S/C20H24FN5O2/c1-25(20(27)22-11-17-3-2-10-28-17)16-12-26(13-16)19-9-8-18(23-24-19)14-4-6-15(21)7-5-14/h4-9,16-17H,2-3,10-13H2,1H3,(H,22,27). The number of anilines is 1. The van der Waals surface area contributed by atoms with Gasteiger partial charge in [-0.3, -0.25) is 0 Å². The van der Waals surface area contributed by atoms with Crippen molar-refractivity contribution in [2.45, 2.75) is 25.0 Å². The summed E-state index contributed by atoms with van der Waals surface area (Å²) in [5, 5.41) is 11.5. The first kappa shape index (κ1) is 18.6. The Morgan fingerprint density at radius 2 is 2.04 bits per heavy atom. The van der Waals surface area contributed by atoms with E-state index in [1.165, 1.54) is 12.1 Å². The van der Waals surface area contributed by atoms with Crippen LogP contribution in [0.3, 0.4) is 0 Å². The molecule has 0 spiro atoms. The first-order valence-electron chi connectivity index (χ1n) is 9.57. The highest BCUT2D eigenvalue weighted by atomic mass is 19.1. The van der Waals surface area contributed by atoms with Gasteiger partial charge in [0.2, 0.25) is 0 Å². The highest BCUT2D eigenvalue weighted by Gasteiger charge is 2.33. The van der Waals surface area contributed by atoms with Gasteiger partial charge in [0.05, 0.1) is 17.8 Å². The molecular weight excluding hydrogens is 361 g/mol. The first-order chi connectivity index (χ1) is 13.6. The Labute approximate surface area is 163 Å². The van der Waals surface area contributed by atoms with Crippen LogP contribution in [0.2, 0.25) is 0 Å². The number of rotatable bonds is 5. The fourth-order valence-corrected chi connectivity index (χ4v) is 3.45. The minimum absolute atomic E-state index is 0.0714. The summed E-state index contributed by atoms with van der Waals surface area (Å²) in [6.07, 6.45) is 2.22. The average Bonchev–Trinajstić information content (AvgIpc) is 3.20. The van der Waals surface area contributed by atoms with Crippen molar-refractivity contribution in [3.63, 3.8) is 0 Å². The second-order valence-corrected chi connectivity index (χ2v) is 7.27. The van der Waals surface area contributed by atoms with Crippen molar-refractivity contribution in [2.24, 2.45) is 0 Å². The van der Waals surface area contributed by atoms with Crippen LogP contribution in [0.25, 0.3) is 11.3 Å². The van der Waals surface area contributed by atoms with Crippen molar-refractivity contribution in [2.75, 3.05) is 38.2 Å². The molecule has 1 aromatic carbocycles. The van der Waals surface area contributed by atoms with Crippen molar-refractivity contribution in [3.05, 3.63) is 42.2 Å². The SMILES string of the molecule is CN(C(=O)NCC1CCCO1)C1CN(c2ccc(-c3ccc(F)cc3)nn2)C1. The number of benzene rings is 1. The molecule has 1 unspecified atom stereocenters. The van der Waals surface area contributed by atoms with E-state index in [9.17, 15) is 9.18 Å². The number of carbonyl (C=O) groups excluding carboxylic acids is 1. The zero-order valence-electron chi connectivity index (χ0n) is 15.8. The summed E-state index contributed by atoms with van der Waals surface area (Å²) in [6, 6.07) is 10.0. The Bertz CT molecular complexity index is 802. The van der Waals surface area contributed by atoms with Gasteiger partial charge in [-0.05, 0) is 49.2 Å². The monoisotopic (exact) mass is 385 g/mol. The number of carbonyl (C=O) groups is 1. The number of aromatic nitrogens is 2. The second-order valence-electron chi connectivity index (χ2n) is 7.27. The van der Waals surface area contributed by atoms with E-state index in [0.717, 1.165) is 30.8 Å². The van der Waals surface area contributed by atoms with E-state index >= 15 is 0 Å². The maximum atomic E-state index is 13.0. The topological polar surface area (TPSA) is 70.6 Å². The molecule has 7 nitrogen and oxygen atoms in total. The number of hydrogen-bond acceptors (Lipinski definition) is 5. The van der Waals surface area contributed by atoms with E-state index in [1.807, 2.05) is 19.2 Å². The number of hydrogen-bond donors (Lipinski definition) is 1. The molecule has 2 aliphatic rings. The number of likely N-dealkylation sites (N-methyl/N-ethyl adjacent to an activating group) is 1. The molecule has 1 N–H and O–H groups in total. The predicted octanol–water partition coefficient (Wildman–Crippen LogP) is 2.29. The van der Waals surface area contributed by atoms with Crippen LogP contribution in [0, 0.1) is 5.82 Å². The third-order valence-corrected chi connectivity index (χ3v) is 5.35. The van der Waals surface area contributed by atoms with Crippen molar-refractivity contribution < 1.29 is 13.9 Å². The van der Waals surface area contributed by atoms with Gasteiger partial charge in [0.25, 0.3) is 0 Å². The molecule has 2 aromatic rings. The molecule has 1 atom stereocenters. The highest BCUT2D eigenvalue weighted by molar-refractivity contribution is 5.74. The van der Waals surface area contributed by atoms with Gasteiger partial charge in [-0.15, -0.1) is 10.2 Å². The third kappa shape index (κ3) is 4.06. The van der Waals surface area contributed by atoms with Crippen molar-refractivity contribution in [1.29, 1.82) is 0 Å². The summed E-state index contributed by atoms with van der Waals surface area (Å²) in [5.41, 5.74) is 1.52. The van der Waals surface area contributed by atoms with Crippen molar-refractivity contribution in [3.8, 4) is 11.3 Å².